The number of hydrogen-bond donors (Lipinski definition) is 2. The smallest absolute Gasteiger partial charge is 0.322 e. The molecule has 3 nitrogen and oxygen atoms in total. The number of allylic oxidation sites excluding steroid dienone is 1. The Kier molecular flexibility index (Phi) is 8.08. The Labute approximate surface area is 153 Å². The molecule has 2 rings (SSSR count). The summed E-state index contributed by atoms with van der Waals surface area (Å²) in [5.41, 5.74) is 1.88. The SMILES string of the molecule is C/C=C(/C(=O)Nc1cccc(C(F)(F)F)c1)C1=C(C)CNC(C)C1.CC. The average Bonchev–Trinajstić information content (AvgIpc) is 2.60. The van der Waals surface area contributed by atoms with Gasteiger partial charge in [-0.1, -0.05) is 31.6 Å². The highest BCUT2D eigenvalue weighted by Crippen LogP contribution is 2.31. The number of rotatable bonds is 3. The number of carbonyl (C=O) groups excluding carboxylic acids is 1. The minimum atomic E-state index is -4.44. The van der Waals surface area contributed by atoms with Crippen LogP contribution in [0.4, 0.5) is 18.9 Å². The zero-order valence-corrected chi connectivity index (χ0v) is 15.9. The van der Waals surface area contributed by atoms with Crippen molar-refractivity contribution < 1.29 is 18.0 Å². The van der Waals surface area contributed by atoms with Gasteiger partial charge >= 0.3 is 6.18 Å². The summed E-state index contributed by atoms with van der Waals surface area (Å²) in [7, 11) is 0. The van der Waals surface area contributed by atoms with E-state index in [2.05, 4.69) is 10.6 Å². The van der Waals surface area contributed by atoms with Crippen LogP contribution < -0.4 is 10.6 Å². The lowest BCUT2D eigenvalue weighted by Gasteiger charge is -2.26. The summed E-state index contributed by atoms with van der Waals surface area (Å²) >= 11 is 0. The van der Waals surface area contributed by atoms with Gasteiger partial charge in [0.1, 0.15) is 0 Å². The van der Waals surface area contributed by atoms with Crippen LogP contribution in [-0.2, 0) is 11.0 Å². The van der Waals surface area contributed by atoms with Crippen LogP contribution in [0, 0.1) is 0 Å². The monoisotopic (exact) mass is 368 g/mol. The summed E-state index contributed by atoms with van der Waals surface area (Å²) < 4.78 is 38.3. The van der Waals surface area contributed by atoms with Crippen LogP contribution in [0.15, 0.2) is 47.1 Å². The van der Waals surface area contributed by atoms with Crippen molar-refractivity contribution in [3.63, 3.8) is 0 Å². The maximum absolute atomic E-state index is 12.8. The highest BCUT2D eigenvalue weighted by atomic mass is 19.4. The van der Waals surface area contributed by atoms with E-state index in [-0.39, 0.29) is 17.6 Å². The molecule has 0 spiro atoms. The van der Waals surface area contributed by atoms with Crippen LogP contribution in [0.5, 0.6) is 0 Å². The molecule has 0 aromatic heterocycles. The maximum Gasteiger partial charge on any atom is 0.416 e. The normalized spacial score (nSPS) is 18.2. The molecule has 1 aliphatic heterocycles. The van der Waals surface area contributed by atoms with E-state index in [4.69, 9.17) is 0 Å². The molecule has 26 heavy (non-hydrogen) atoms. The van der Waals surface area contributed by atoms with Gasteiger partial charge in [-0.25, -0.2) is 0 Å². The Morgan fingerprint density at radius 1 is 1.31 bits per heavy atom. The van der Waals surface area contributed by atoms with E-state index in [1.54, 1.807) is 13.0 Å². The molecule has 1 heterocycles. The topological polar surface area (TPSA) is 41.1 Å². The number of carbonyl (C=O) groups is 1. The van der Waals surface area contributed by atoms with E-state index in [0.717, 1.165) is 23.3 Å². The van der Waals surface area contributed by atoms with Gasteiger partial charge in [-0.2, -0.15) is 13.2 Å². The number of benzene rings is 1. The molecule has 0 saturated carbocycles. The van der Waals surface area contributed by atoms with Gasteiger partial charge in [-0.05, 0) is 51.0 Å². The number of anilines is 1. The molecule has 1 unspecified atom stereocenters. The molecule has 1 aromatic rings. The Morgan fingerprint density at radius 2 is 1.96 bits per heavy atom. The fraction of sp³-hybridized carbons (Fsp3) is 0.450. The highest BCUT2D eigenvalue weighted by molar-refractivity contribution is 6.07. The number of halogens is 3. The molecule has 1 aromatic carbocycles. The molecule has 144 valence electrons. The lowest BCUT2D eigenvalue weighted by atomic mass is 9.90. The van der Waals surface area contributed by atoms with Gasteiger partial charge in [-0.15, -0.1) is 0 Å². The van der Waals surface area contributed by atoms with Crippen molar-refractivity contribution in [3.8, 4) is 0 Å². The molecule has 0 fully saturated rings. The third-order valence-corrected chi connectivity index (χ3v) is 4.05. The predicted molar refractivity (Wildman–Crippen MR) is 100.0 cm³/mol. The zero-order chi connectivity index (χ0) is 19.9. The quantitative estimate of drug-likeness (QED) is 0.710. The first-order chi connectivity index (χ1) is 12.2. The summed E-state index contributed by atoms with van der Waals surface area (Å²) in [6, 6.07) is 4.91. The largest absolute Gasteiger partial charge is 0.416 e. The molecule has 1 amide bonds. The van der Waals surface area contributed by atoms with E-state index < -0.39 is 11.7 Å². The first kappa shape index (κ1) is 22.0. The molecular formula is C20H27F3N2O. The van der Waals surface area contributed by atoms with E-state index in [1.165, 1.54) is 12.1 Å². The van der Waals surface area contributed by atoms with Gasteiger partial charge in [0, 0.05) is 23.8 Å². The van der Waals surface area contributed by atoms with E-state index in [9.17, 15) is 18.0 Å². The van der Waals surface area contributed by atoms with Gasteiger partial charge in [-0.3, -0.25) is 4.79 Å². The van der Waals surface area contributed by atoms with E-state index in [1.807, 2.05) is 27.7 Å². The first-order valence-electron chi connectivity index (χ1n) is 8.79. The van der Waals surface area contributed by atoms with Crippen molar-refractivity contribution in [3.05, 3.63) is 52.6 Å². The standard InChI is InChI=1S/C18H21F3N2O.C2H6/c1-4-15(16-8-12(3)22-10-11(16)2)17(24)23-14-7-5-6-13(9-14)18(19,20)21;1-2/h4-7,9,12,22H,8,10H2,1-3H3,(H,23,24);1-2H3/b15-4+;. The molecule has 0 aliphatic carbocycles. The second-order valence-corrected chi connectivity index (χ2v) is 5.98. The minimum Gasteiger partial charge on any atom is -0.322 e. The summed E-state index contributed by atoms with van der Waals surface area (Å²) in [4.78, 5) is 12.5. The van der Waals surface area contributed by atoms with Crippen molar-refractivity contribution >= 4 is 11.6 Å². The lowest BCUT2D eigenvalue weighted by molar-refractivity contribution is -0.137. The zero-order valence-electron chi connectivity index (χ0n) is 15.9. The van der Waals surface area contributed by atoms with Crippen molar-refractivity contribution in [1.29, 1.82) is 0 Å². The molecule has 1 aliphatic rings. The molecule has 0 bridgehead atoms. The molecule has 0 radical (unpaired) electrons. The van der Waals surface area contributed by atoms with Crippen LogP contribution in [0.2, 0.25) is 0 Å². The van der Waals surface area contributed by atoms with Gasteiger partial charge in [0.15, 0.2) is 0 Å². The first-order valence-corrected chi connectivity index (χ1v) is 8.79. The fourth-order valence-corrected chi connectivity index (χ4v) is 2.74. The molecular weight excluding hydrogens is 341 g/mol. The summed E-state index contributed by atoms with van der Waals surface area (Å²) in [5, 5.41) is 5.89. The highest BCUT2D eigenvalue weighted by Gasteiger charge is 2.30. The summed E-state index contributed by atoms with van der Waals surface area (Å²) in [5.74, 6) is -0.389. The molecule has 6 heteroatoms. The summed E-state index contributed by atoms with van der Waals surface area (Å²) in [6.07, 6.45) is -2.02. The number of amides is 1. The second kappa shape index (κ2) is 9.57. The minimum absolute atomic E-state index is 0.134. The average molecular weight is 368 g/mol. The van der Waals surface area contributed by atoms with Crippen LogP contribution in [0.25, 0.3) is 0 Å². The Balaban J connectivity index is 0.00000163. The van der Waals surface area contributed by atoms with Gasteiger partial charge < -0.3 is 10.6 Å². The Bertz CT molecular complexity index is 691. The van der Waals surface area contributed by atoms with Crippen molar-refractivity contribution in [1.82, 2.24) is 5.32 Å². The Hall–Kier alpha value is -2.08. The van der Waals surface area contributed by atoms with Gasteiger partial charge in [0.2, 0.25) is 0 Å². The van der Waals surface area contributed by atoms with Gasteiger partial charge in [0.25, 0.3) is 5.91 Å². The maximum atomic E-state index is 12.8. The molecule has 1 atom stereocenters. The van der Waals surface area contributed by atoms with E-state index >= 15 is 0 Å². The summed E-state index contributed by atoms with van der Waals surface area (Å²) in [6.45, 7) is 10.4. The second-order valence-electron chi connectivity index (χ2n) is 5.98. The van der Waals surface area contributed by atoms with Crippen LogP contribution in [0.1, 0.15) is 46.6 Å². The predicted octanol–water partition coefficient (Wildman–Crippen LogP) is 5.31. The third kappa shape index (κ3) is 5.73. The molecule has 0 saturated heterocycles. The van der Waals surface area contributed by atoms with Crippen LogP contribution >= 0.6 is 0 Å². The lowest BCUT2D eigenvalue weighted by Crippen LogP contribution is -2.34. The number of nitrogens with one attached hydrogen (secondary N) is 2. The van der Waals surface area contributed by atoms with E-state index in [0.29, 0.717) is 18.5 Å². The van der Waals surface area contributed by atoms with Crippen molar-refractivity contribution in [2.24, 2.45) is 0 Å². The fourth-order valence-electron chi connectivity index (χ4n) is 2.74. The van der Waals surface area contributed by atoms with Crippen molar-refractivity contribution in [2.75, 3.05) is 11.9 Å². The molecule has 2 N–H and O–H groups in total. The van der Waals surface area contributed by atoms with Crippen LogP contribution in [-0.4, -0.2) is 18.5 Å². The Morgan fingerprint density at radius 3 is 2.54 bits per heavy atom. The number of alkyl halides is 3. The van der Waals surface area contributed by atoms with Crippen LogP contribution in [0.3, 0.4) is 0 Å². The third-order valence-electron chi connectivity index (χ3n) is 4.05. The van der Waals surface area contributed by atoms with Crippen molar-refractivity contribution in [2.45, 2.75) is 53.3 Å². The number of hydrogen-bond acceptors (Lipinski definition) is 2. The van der Waals surface area contributed by atoms with Gasteiger partial charge in [0.05, 0.1) is 5.56 Å².